The van der Waals surface area contributed by atoms with Gasteiger partial charge < -0.3 is 5.21 Å². The molecule has 2 heteroatoms. The minimum absolute atomic E-state index is 0.936. The first kappa shape index (κ1) is 5.59. The van der Waals surface area contributed by atoms with Crippen molar-refractivity contribution in [1.29, 1.82) is 0 Å². The summed E-state index contributed by atoms with van der Waals surface area (Å²) in [6.45, 7) is 0. The summed E-state index contributed by atoms with van der Waals surface area (Å²) in [5.41, 5.74) is 0. The zero-order valence-electron chi connectivity index (χ0n) is 5.62. The van der Waals surface area contributed by atoms with E-state index in [-0.39, 0.29) is 0 Å². The first-order valence-electron chi connectivity index (χ1n) is 3.45. The van der Waals surface area contributed by atoms with E-state index >= 15 is 0 Å². The SMILES string of the molecule is On1ccc2c1=CCCC=2. The monoisotopic (exact) mass is 135 g/mol. The van der Waals surface area contributed by atoms with Gasteiger partial charge in [0.15, 0.2) is 0 Å². The van der Waals surface area contributed by atoms with Crippen molar-refractivity contribution in [1.82, 2.24) is 4.73 Å². The third-order valence-corrected chi connectivity index (χ3v) is 1.81. The highest BCUT2D eigenvalue weighted by Gasteiger charge is 1.95. The highest BCUT2D eigenvalue weighted by molar-refractivity contribution is 5.35. The molecule has 0 saturated carbocycles. The van der Waals surface area contributed by atoms with E-state index in [4.69, 9.17) is 5.21 Å². The van der Waals surface area contributed by atoms with Crippen molar-refractivity contribution in [2.24, 2.45) is 0 Å². The van der Waals surface area contributed by atoms with E-state index in [1.807, 2.05) is 6.07 Å². The van der Waals surface area contributed by atoms with Gasteiger partial charge in [0.2, 0.25) is 0 Å². The summed E-state index contributed by atoms with van der Waals surface area (Å²) in [4.78, 5) is 0. The standard InChI is InChI=1S/C8H9NO/c10-9-6-5-7-3-1-2-4-8(7)9/h3-6,10H,1-2H2. The van der Waals surface area contributed by atoms with Crippen LogP contribution < -0.4 is 10.6 Å². The van der Waals surface area contributed by atoms with Crippen molar-refractivity contribution in [3.63, 3.8) is 0 Å². The molecular weight excluding hydrogens is 126 g/mol. The van der Waals surface area contributed by atoms with Crippen molar-refractivity contribution < 1.29 is 5.21 Å². The van der Waals surface area contributed by atoms with E-state index < -0.39 is 0 Å². The Morgan fingerprint density at radius 3 is 2.90 bits per heavy atom. The molecule has 0 radical (unpaired) electrons. The molecule has 1 aliphatic carbocycles. The van der Waals surface area contributed by atoms with Crippen molar-refractivity contribution in [3.05, 3.63) is 22.8 Å². The molecule has 0 aromatic carbocycles. The van der Waals surface area contributed by atoms with Gasteiger partial charge in [0, 0.05) is 6.20 Å². The Labute approximate surface area is 58.7 Å². The first-order valence-corrected chi connectivity index (χ1v) is 3.45. The fourth-order valence-corrected chi connectivity index (χ4v) is 1.29. The second-order valence-electron chi connectivity index (χ2n) is 2.49. The molecule has 0 fully saturated rings. The van der Waals surface area contributed by atoms with Crippen LogP contribution in [0.25, 0.3) is 12.2 Å². The summed E-state index contributed by atoms with van der Waals surface area (Å²) in [5, 5.41) is 11.2. The molecule has 1 N–H and O–H groups in total. The normalized spacial score (nSPS) is 15.2. The van der Waals surface area contributed by atoms with Gasteiger partial charge in [-0.2, -0.15) is 4.73 Å². The molecular formula is C8H9NO. The number of hydrogen-bond acceptors (Lipinski definition) is 1. The third kappa shape index (κ3) is 0.652. The smallest absolute Gasteiger partial charge is 0.0822 e. The minimum atomic E-state index is 0.936. The Kier molecular flexibility index (Phi) is 1.07. The van der Waals surface area contributed by atoms with E-state index in [2.05, 4.69) is 12.2 Å². The maximum absolute atomic E-state index is 9.16. The number of aromatic nitrogens is 1. The summed E-state index contributed by atoms with van der Waals surface area (Å²) in [5.74, 6) is 0. The zero-order valence-corrected chi connectivity index (χ0v) is 5.62. The van der Waals surface area contributed by atoms with Gasteiger partial charge in [-0.3, -0.25) is 0 Å². The van der Waals surface area contributed by atoms with Gasteiger partial charge in [-0.15, -0.1) is 0 Å². The fourth-order valence-electron chi connectivity index (χ4n) is 1.29. The lowest BCUT2D eigenvalue weighted by atomic mass is 10.2. The molecule has 2 rings (SSSR count). The van der Waals surface area contributed by atoms with Crippen LogP contribution in [0, 0.1) is 0 Å². The van der Waals surface area contributed by atoms with Crippen LogP contribution in [-0.4, -0.2) is 9.94 Å². The lowest BCUT2D eigenvalue weighted by Gasteiger charge is -1.95. The molecule has 1 aliphatic rings. The summed E-state index contributed by atoms with van der Waals surface area (Å²) in [6.07, 6.45) is 8.00. The molecule has 1 aromatic rings. The number of rotatable bonds is 0. The lowest BCUT2D eigenvalue weighted by Crippen LogP contribution is -2.29. The van der Waals surface area contributed by atoms with E-state index in [9.17, 15) is 0 Å². The van der Waals surface area contributed by atoms with Gasteiger partial charge in [0.25, 0.3) is 0 Å². The molecule has 1 heterocycles. The van der Waals surface area contributed by atoms with Crippen LogP contribution in [0.2, 0.25) is 0 Å². The van der Waals surface area contributed by atoms with Crippen molar-refractivity contribution in [2.75, 3.05) is 0 Å². The molecule has 0 amide bonds. The topological polar surface area (TPSA) is 25.2 Å². The Hall–Kier alpha value is -1.18. The molecule has 0 bridgehead atoms. The van der Waals surface area contributed by atoms with Gasteiger partial charge >= 0.3 is 0 Å². The van der Waals surface area contributed by atoms with Crippen LogP contribution >= 0.6 is 0 Å². The summed E-state index contributed by atoms with van der Waals surface area (Å²) in [7, 11) is 0. The van der Waals surface area contributed by atoms with Crippen LogP contribution in [0.1, 0.15) is 12.8 Å². The molecule has 0 unspecified atom stereocenters. The minimum Gasteiger partial charge on any atom is -0.428 e. The maximum atomic E-state index is 9.16. The Bertz CT molecular complexity index is 348. The second kappa shape index (κ2) is 1.90. The van der Waals surface area contributed by atoms with Crippen LogP contribution in [0.3, 0.4) is 0 Å². The predicted molar refractivity (Wildman–Crippen MR) is 39.0 cm³/mol. The largest absolute Gasteiger partial charge is 0.428 e. The Balaban J connectivity index is 2.89. The zero-order chi connectivity index (χ0) is 6.97. The molecule has 52 valence electrons. The summed E-state index contributed by atoms with van der Waals surface area (Å²) >= 11 is 0. The molecule has 0 aliphatic heterocycles. The highest BCUT2D eigenvalue weighted by Crippen LogP contribution is 1.93. The van der Waals surface area contributed by atoms with Crippen molar-refractivity contribution >= 4 is 12.2 Å². The average Bonchev–Trinajstić information content (AvgIpc) is 2.34. The molecule has 0 spiro atoms. The van der Waals surface area contributed by atoms with Gasteiger partial charge in [-0.05, 0) is 24.1 Å². The molecule has 0 atom stereocenters. The fraction of sp³-hybridized carbons (Fsp3) is 0.250. The predicted octanol–water partition coefficient (Wildman–Crippen LogP) is 0.0802. The molecule has 0 saturated heterocycles. The van der Waals surface area contributed by atoms with Crippen molar-refractivity contribution in [3.8, 4) is 0 Å². The van der Waals surface area contributed by atoms with Crippen LogP contribution in [0.15, 0.2) is 12.3 Å². The van der Waals surface area contributed by atoms with Crippen LogP contribution in [0.4, 0.5) is 0 Å². The van der Waals surface area contributed by atoms with Crippen LogP contribution in [-0.2, 0) is 0 Å². The quantitative estimate of drug-likeness (QED) is 0.501. The third-order valence-electron chi connectivity index (χ3n) is 1.81. The highest BCUT2D eigenvalue weighted by atomic mass is 16.5. The lowest BCUT2D eigenvalue weighted by molar-refractivity contribution is 0.178. The van der Waals surface area contributed by atoms with E-state index in [1.165, 1.54) is 4.73 Å². The molecule has 2 nitrogen and oxygen atoms in total. The van der Waals surface area contributed by atoms with Gasteiger partial charge in [0.1, 0.15) is 0 Å². The van der Waals surface area contributed by atoms with Gasteiger partial charge in [-0.1, -0.05) is 12.2 Å². The Morgan fingerprint density at radius 2 is 2.10 bits per heavy atom. The van der Waals surface area contributed by atoms with Crippen molar-refractivity contribution in [2.45, 2.75) is 12.8 Å². The van der Waals surface area contributed by atoms with Crippen LogP contribution in [0.5, 0.6) is 0 Å². The number of nitrogens with zero attached hydrogens (tertiary/aromatic N) is 1. The first-order chi connectivity index (χ1) is 4.88. The maximum Gasteiger partial charge on any atom is 0.0822 e. The van der Waals surface area contributed by atoms with E-state index in [0.717, 1.165) is 23.4 Å². The van der Waals surface area contributed by atoms with E-state index in [1.54, 1.807) is 6.20 Å². The molecule has 10 heavy (non-hydrogen) atoms. The van der Waals surface area contributed by atoms with Gasteiger partial charge in [-0.25, -0.2) is 0 Å². The average molecular weight is 135 g/mol. The number of fused-ring (bicyclic) bond motifs is 1. The number of hydrogen-bond donors (Lipinski definition) is 1. The van der Waals surface area contributed by atoms with E-state index in [0.29, 0.717) is 0 Å². The Morgan fingerprint density at radius 1 is 1.30 bits per heavy atom. The summed E-state index contributed by atoms with van der Waals surface area (Å²) < 4.78 is 1.17. The second-order valence-corrected chi connectivity index (χ2v) is 2.49. The van der Waals surface area contributed by atoms with Gasteiger partial charge in [0.05, 0.1) is 5.35 Å². The summed E-state index contributed by atoms with van der Waals surface area (Å²) in [6, 6.07) is 1.92. The molecule has 1 aromatic heterocycles.